The largest absolute Gasteiger partial charge is 0.310 e. The SMILES string of the molecule is c1ccc(-c2cccc(N(c3cccc(-c4cccc(N(c5ccc(-c6ccc7ccccc7c6)cc5)c5ccc6sc7ccc8ccccc8c7c6c5)c4)c3)c3cccc4sc5ccccc5c34)c2)cc1. The first-order valence-corrected chi connectivity index (χ1v) is 26.1. The molecule has 0 aliphatic carbocycles. The van der Waals surface area contributed by atoms with Crippen molar-refractivity contribution >= 4 is 119 Å². The average molecular weight is 953 g/mol. The van der Waals surface area contributed by atoms with Gasteiger partial charge in [-0.2, -0.15) is 0 Å². The Morgan fingerprint density at radius 3 is 1.44 bits per heavy atom. The van der Waals surface area contributed by atoms with Crippen molar-refractivity contribution in [2.24, 2.45) is 0 Å². The van der Waals surface area contributed by atoms with Crippen molar-refractivity contribution in [3.8, 4) is 33.4 Å². The van der Waals surface area contributed by atoms with Crippen LogP contribution in [0.15, 0.2) is 267 Å². The van der Waals surface area contributed by atoms with Gasteiger partial charge >= 0.3 is 0 Å². The number of nitrogens with zero attached hydrogens (tertiary/aromatic N) is 2. The van der Waals surface area contributed by atoms with Crippen molar-refractivity contribution < 1.29 is 0 Å². The summed E-state index contributed by atoms with van der Waals surface area (Å²) in [6, 6.07) is 98.1. The lowest BCUT2D eigenvalue weighted by molar-refractivity contribution is 1.29. The summed E-state index contributed by atoms with van der Waals surface area (Å²) < 4.78 is 5.15. The van der Waals surface area contributed by atoms with Crippen LogP contribution in [-0.2, 0) is 0 Å². The van der Waals surface area contributed by atoms with E-state index in [4.69, 9.17) is 0 Å². The summed E-state index contributed by atoms with van der Waals surface area (Å²) >= 11 is 3.72. The molecule has 12 aromatic carbocycles. The van der Waals surface area contributed by atoms with Crippen LogP contribution in [0.1, 0.15) is 0 Å². The van der Waals surface area contributed by atoms with Crippen LogP contribution < -0.4 is 9.80 Å². The third kappa shape index (κ3) is 7.39. The lowest BCUT2D eigenvalue weighted by Gasteiger charge is -2.28. The highest BCUT2D eigenvalue weighted by molar-refractivity contribution is 7.26. The normalized spacial score (nSPS) is 11.6. The van der Waals surface area contributed by atoms with Crippen molar-refractivity contribution in [3.63, 3.8) is 0 Å². The predicted molar refractivity (Wildman–Crippen MR) is 313 cm³/mol. The average Bonchev–Trinajstić information content (AvgIpc) is 4.03. The van der Waals surface area contributed by atoms with Crippen LogP contribution in [0.2, 0.25) is 0 Å². The molecule has 0 bridgehead atoms. The summed E-state index contributed by atoms with van der Waals surface area (Å²) in [4.78, 5) is 4.88. The molecule has 0 aliphatic rings. The Kier molecular flexibility index (Phi) is 10.3. The Morgan fingerprint density at radius 2 is 0.694 bits per heavy atom. The first-order chi connectivity index (χ1) is 35.7. The van der Waals surface area contributed by atoms with Gasteiger partial charge in [-0.25, -0.2) is 0 Å². The summed E-state index contributed by atoms with van der Waals surface area (Å²) in [7, 11) is 0. The minimum Gasteiger partial charge on any atom is -0.310 e. The fraction of sp³-hybridized carbons (Fsp3) is 0. The Bertz CT molecular complexity index is 4360. The molecule has 0 N–H and O–H groups in total. The zero-order valence-electron chi connectivity index (χ0n) is 39.1. The van der Waals surface area contributed by atoms with Crippen molar-refractivity contribution in [2.45, 2.75) is 0 Å². The highest BCUT2D eigenvalue weighted by Crippen LogP contribution is 2.47. The maximum absolute atomic E-state index is 2.45. The molecular formula is C68H44N2S2. The van der Waals surface area contributed by atoms with Crippen LogP contribution in [0.3, 0.4) is 0 Å². The van der Waals surface area contributed by atoms with Crippen LogP contribution in [0, 0.1) is 0 Å². The monoisotopic (exact) mass is 952 g/mol. The molecule has 72 heavy (non-hydrogen) atoms. The number of hydrogen-bond acceptors (Lipinski definition) is 4. The van der Waals surface area contributed by atoms with Crippen molar-refractivity contribution in [1.29, 1.82) is 0 Å². The lowest BCUT2D eigenvalue weighted by atomic mass is 10.00. The Balaban J connectivity index is 0.916. The molecule has 14 rings (SSSR count). The molecule has 0 spiro atoms. The lowest BCUT2D eigenvalue weighted by Crippen LogP contribution is -2.11. The highest BCUT2D eigenvalue weighted by atomic mass is 32.1. The molecule has 4 heteroatoms. The fourth-order valence-electron chi connectivity index (χ4n) is 10.8. The van der Waals surface area contributed by atoms with E-state index in [1.165, 1.54) is 84.1 Å². The van der Waals surface area contributed by atoms with Crippen LogP contribution >= 0.6 is 22.7 Å². The van der Waals surface area contributed by atoms with E-state index in [1.54, 1.807) is 0 Å². The van der Waals surface area contributed by atoms with Crippen LogP contribution in [0.5, 0.6) is 0 Å². The van der Waals surface area contributed by atoms with Gasteiger partial charge in [0.25, 0.3) is 0 Å². The Hall–Kier alpha value is -8.80. The third-order valence-corrected chi connectivity index (χ3v) is 16.5. The van der Waals surface area contributed by atoms with Gasteiger partial charge < -0.3 is 9.80 Å². The van der Waals surface area contributed by atoms with Gasteiger partial charge in [-0.3, -0.25) is 0 Å². The Labute approximate surface area is 426 Å². The number of hydrogen-bond donors (Lipinski definition) is 0. The number of rotatable bonds is 9. The second-order valence-corrected chi connectivity index (χ2v) is 20.7. The molecule has 2 heterocycles. The van der Waals surface area contributed by atoms with Gasteiger partial charge in [-0.15, -0.1) is 22.7 Å². The third-order valence-electron chi connectivity index (χ3n) is 14.2. The maximum atomic E-state index is 2.45. The van der Waals surface area contributed by atoms with E-state index < -0.39 is 0 Å². The highest BCUT2D eigenvalue weighted by Gasteiger charge is 2.21. The summed E-state index contributed by atoms with van der Waals surface area (Å²) in [5.41, 5.74) is 13.7. The predicted octanol–water partition coefficient (Wildman–Crippen LogP) is 20.7. The van der Waals surface area contributed by atoms with E-state index in [9.17, 15) is 0 Å². The molecule has 2 nitrogen and oxygen atoms in total. The smallest absolute Gasteiger partial charge is 0.0554 e. The van der Waals surface area contributed by atoms with Crippen molar-refractivity contribution in [2.75, 3.05) is 9.80 Å². The molecule has 0 saturated carbocycles. The molecule has 338 valence electrons. The van der Waals surface area contributed by atoms with E-state index in [1.807, 2.05) is 22.7 Å². The van der Waals surface area contributed by atoms with Gasteiger partial charge in [0.2, 0.25) is 0 Å². The molecular weight excluding hydrogens is 909 g/mol. The van der Waals surface area contributed by atoms with Gasteiger partial charge in [0.15, 0.2) is 0 Å². The standard InChI is InChI=1S/C68H44N2S2/c1-2-14-45(15-3-1)50-19-10-23-56(41-50)70(62-27-13-29-65-68(62)60-26-8-9-28-63(60)71-65)57-24-12-21-52(43-57)51-20-11-22-55(42-51)69(54-35-32-47(33-36-54)53-31-30-46-16-4-5-18-49(46)40-53)58-37-39-64-61(44-58)67-59-25-7-6-17-48(59)34-38-66(67)72-64/h1-44H. The molecule has 0 aliphatic heterocycles. The molecule has 0 atom stereocenters. The second-order valence-electron chi connectivity index (χ2n) is 18.5. The van der Waals surface area contributed by atoms with Gasteiger partial charge in [0.05, 0.1) is 5.69 Å². The second kappa shape index (κ2) is 17.6. The van der Waals surface area contributed by atoms with Crippen molar-refractivity contribution in [1.82, 2.24) is 0 Å². The minimum absolute atomic E-state index is 1.09. The Morgan fingerprint density at radius 1 is 0.222 bits per heavy atom. The van der Waals surface area contributed by atoms with E-state index in [0.29, 0.717) is 0 Å². The summed E-state index contributed by atoms with van der Waals surface area (Å²) in [6.07, 6.45) is 0. The van der Waals surface area contributed by atoms with Crippen LogP contribution in [0.4, 0.5) is 34.1 Å². The van der Waals surface area contributed by atoms with Gasteiger partial charge in [0, 0.05) is 68.8 Å². The fourth-order valence-corrected chi connectivity index (χ4v) is 13.0. The van der Waals surface area contributed by atoms with Gasteiger partial charge in [-0.05, 0) is 152 Å². The van der Waals surface area contributed by atoms with Gasteiger partial charge in [-0.1, -0.05) is 170 Å². The van der Waals surface area contributed by atoms with Gasteiger partial charge in [0.1, 0.15) is 0 Å². The molecule has 0 amide bonds. The summed E-state index contributed by atoms with van der Waals surface area (Å²) in [5, 5.41) is 10.2. The maximum Gasteiger partial charge on any atom is 0.0554 e. The van der Waals surface area contributed by atoms with Crippen LogP contribution in [-0.4, -0.2) is 0 Å². The first kappa shape index (κ1) is 42.1. The molecule has 14 aromatic rings. The summed E-state index contributed by atoms with van der Waals surface area (Å²) in [6.45, 7) is 0. The van der Waals surface area contributed by atoms with E-state index in [0.717, 1.165) is 45.3 Å². The quantitative estimate of drug-likeness (QED) is 0.142. The molecule has 0 fully saturated rings. The van der Waals surface area contributed by atoms with Crippen molar-refractivity contribution in [3.05, 3.63) is 267 Å². The molecule has 2 aromatic heterocycles. The molecule has 0 saturated heterocycles. The minimum atomic E-state index is 1.09. The number of anilines is 6. The molecule has 0 unspecified atom stereocenters. The first-order valence-electron chi connectivity index (χ1n) is 24.5. The number of thiophene rings is 2. The molecule has 0 radical (unpaired) electrons. The summed E-state index contributed by atoms with van der Waals surface area (Å²) in [5.74, 6) is 0. The van der Waals surface area contributed by atoms with Crippen LogP contribution in [0.25, 0.3) is 95.3 Å². The number of fused-ring (bicyclic) bond motifs is 9. The zero-order chi connectivity index (χ0) is 47.5. The van der Waals surface area contributed by atoms with E-state index in [-0.39, 0.29) is 0 Å². The van der Waals surface area contributed by atoms with E-state index >= 15 is 0 Å². The number of benzene rings is 12. The van der Waals surface area contributed by atoms with E-state index in [2.05, 4.69) is 277 Å². The topological polar surface area (TPSA) is 6.48 Å². The zero-order valence-corrected chi connectivity index (χ0v) is 40.7.